The third-order valence-corrected chi connectivity index (χ3v) is 3.53. The maximum atomic E-state index is 13.1. The summed E-state index contributed by atoms with van der Waals surface area (Å²) in [5.41, 5.74) is -1.76. The molecule has 0 unspecified atom stereocenters. The topological polar surface area (TPSA) is 67.4 Å². The molecule has 0 heterocycles. The molecule has 0 fully saturated rings. The molecule has 0 aliphatic carbocycles. The Bertz CT molecular complexity index is 831. The number of benzene rings is 2. The Hall–Kier alpha value is -3.03. The molecule has 28 heavy (non-hydrogen) atoms. The monoisotopic (exact) mass is 394 g/mol. The molecule has 8 heteroatoms. The van der Waals surface area contributed by atoms with Crippen molar-refractivity contribution in [1.29, 1.82) is 0 Å². The second-order valence-electron chi connectivity index (χ2n) is 7.02. The molecule has 2 aromatic rings. The van der Waals surface area contributed by atoms with Crippen molar-refractivity contribution in [1.82, 2.24) is 5.32 Å². The molecule has 2 amide bonds. The number of hydrogen-bond donors (Lipinski definition) is 2. The third kappa shape index (κ3) is 6.00. The fraction of sp³-hybridized carbons (Fsp3) is 0.300. The Morgan fingerprint density at radius 2 is 1.50 bits per heavy atom. The number of ether oxygens (including phenoxy) is 1. The molecular weight excluding hydrogens is 373 g/mol. The number of para-hydroxylation sites is 1. The minimum Gasteiger partial charge on any atom is -0.458 e. The first-order valence-electron chi connectivity index (χ1n) is 8.49. The highest BCUT2D eigenvalue weighted by atomic mass is 19.4. The van der Waals surface area contributed by atoms with E-state index in [-0.39, 0.29) is 0 Å². The van der Waals surface area contributed by atoms with Crippen LogP contribution >= 0.6 is 0 Å². The van der Waals surface area contributed by atoms with Crippen LogP contribution in [0.4, 0.5) is 23.7 Å². The summed E-state index contributed by atoms with van der Waals surface area (Å²) in [6, 6.07) is 10.7. The standard InChI is InChI=1S/C20H21F3N2O3/c1-19(2,3)28-17(26)16(13-9-5-4-6-10-13)25-18(27)24-15-12-8-7-11-14(15)20(21,22)23/h4-12,16H,1-3H3,(H2,24,25,27)/t16-/m0/s1. The summed E-state index contributed by atoms with van der Waals surface area (Å²) < 4.78 is 44.6. The van der Waals surface area contributed by atoms with E-state index in [1.165, 1.54) is 12.1 Å². The summed E-state index contributed by atoms with van der Waals surface area (Å²) in [6.07, 6.45) is -4.63. The Morgan fingerprint density at radius 1 is 0.929 bits per heavy atom. The molecule has 2 N–H and O–H groups in total. The van der Waals surface area contributed by atoms with Gasteiger partial charge >= 0.3 is 18.2 Å². The number of hydrogen-bond acceptors (Lipinski definition) is 3. The van der Waals surface area contributed by atoms with Gasteiger partial charge < -0.3 is 15.4 Å². The second kappa shape index (κ2) is 8.33. The molecule has 0 bridgehead atoms. The average Bonchev–Trinajstić information content (AvgIpc) is 2.58. The largest absolute Gasteiger partial charge is 0.458 e. The van der Waals surface area contributed by atoms with Crippen LogP contribution in [-0.4, -0.2) is 17.6 Å². The molecule has 2 aromatic carbocycles. The number of alkyl halides is 3. The van der Waals surface area contributed by atoms with Crippen molar-refractivity contribution in [2.45, 2.75) is 38.6 Å². The van der Waals surface area contributed by atoms with Gasteiger partial charge in [0.25, 0.3) is 0 Å². The summed E-state index contributed by atoms with van der Waals surface area (Å²) in [4.78, 5) is 24.9. The Kier molecular flexibility index (Phi) is 6.33. The number of rotatable bonds is 4. The minimum atomic E-state index is -4.63. The molecule has 0 saturated heterocycles. The van der Waals surface area contributed by atoms with Crippen molar-refractivity contribution in [3.8, 4) is 0 Å². The van der Waals surface area contributed by atoms with Crippen LogP contribution in [0.3, 0.4) is 0 Å². The fourth-order valence-corrected chi connectivity index (χ4v) is 2.41. The van der Waals surface area contributed by atoms with E-state index in [9.17, 15) is 22.8 Å². The van der Waals surface area contributed by atoms with Gasteiger partial charge in [-0.05, 0) is 38.5 Å². The van der Waals surface area contributed by atoms with Crippen LogP contribution in [0.2, 0.25) is 0 Å². The third-order valence-electron chi connectivity index (χ3n) is 3.53. The molecule has 0 saturated carbocycles. The van der Waals surface area contributed by atoms with Gasteiger partial charge in [0.2, 0.25) is 0 Å². The Morgan fingerprint density at radius 3 is 2.07 bits per heavy atom. The maximum Gasteiger partial charge on any atom is 0.418 e. The van der Waals surface area contributed by atoms with Crippen LogP contribution in [0.5, 0.6) is 0 Å². The van der Waals surface area contributed by atoms with Crippen molar-refractivity contribution in [3.63, 3.8) is 0 Å². The normalized spacial score (nSPS) is 12.8. The highest BCUT2D eigenvalue weighted by Crippen LogP contribution is 2.34. The van der Waals surface area contributed by atoms with E-state index in [4.69, 9.17) is 4.74 Å². The van der Waals surface area contributed by atoms with E-state index >= 15 is 0 Å². The number of carbonyl (C=O) groups excluding carboxylic acids is 2. The van der Waals surface area contributed by atoms with Crippen molar-refractivity contribution in [2.75, 3.05) is 5.32 Å². The maximum absolute atomic E-state index is 13.1. The van der Waals surface area contributed by atoms with Gasteiger partial charge in [-0.3, -0.25) is 0 Å². The molecule has 1 atom stereocenters. The van der Waals surface area contributed by atoms with Crippen molar-refractivity contribution in [3.05, 3.63) is 65.7 Å². The summed E-state index contributed by atoms with van der Waals surface area (Å²) in [5.74, 6) is -0.724. The van der Waals surface area contributed by atoms with Crippen molar-refractivity contribution < 1.29 is 27.5 Å². The molecule has 150 valence electrons. The summed E-state index contributed by atoms with van der Waals surface area (Å²) in [7, 11) is 0. The molecule has 0 spiro atoms. The van der Waals surface area contributed by atoms with Gasteiger partial charge in [-0.1, -0.05) is 42.5 Å². The average molecular weight is 394 g/mol. The summed E-state index contributed by atoms with van der Waals surface area (Å²) in [6.45, 7) is 5.02. The summed E-state index contributed by atoms with van der Waals surface area (Å²) >= 11 is 0. The zero-order chi connectivity index (χ0) is 20.9. The molecule has 5 nitrogen and oxygen atoms in total. The van der Waals surface area contributed by atoms with Gasteiger partial charge in [-0.25, -0.2) is 9.59 Å². The van der Waals surface area contributed by atoms with Gasteiger partial charge in [0.05, 0.1) is 11.3 Å². The molecule has 0 radical (unpaired) electrons. The zero-order valence-corrected chi connectivity index (χ0v) is 15.6. The first-order valence-corrected chi connectivity index (χ1v) is 8.49. The molecule has 0 aliphatic rings. The molecule has 2 rings (SSSR count). The van der Waals surface area contributed by atoms with Gasteiger partial charge in [0.1, 0.15) is 5.60 Å². The van der Waals surface area contributed by atoms with Gasteiger partial charge in [0, 0.05) is 0 Å². The first-order chi connectivity index (χ1) is 13.0. The highest BCUT2D eigenvalue weighted by Gasteiger charge is 2.34. The van der Waals surface area contributed by atoms with Crippen LogP contribution < -0.4 is 10.6 Å². The lowest BCUT2D eigenvalue weighted by molar-refractivity contribution is -0.157. The van der Waals surface area contributed by atoms with E-state index in [0.29, 0.717) is 5.56 Å². The van der Waals surface area contributed by atoms with Crippen LogP contribution in [0.1, 0.15) is 37.9 Å². The number of anilines is 1. The molecule has 0 aromatic heterocycles. The van der Waals surface area contributed by atoms with Gasteiger partial charge in [-0.15, -0.1) is 0 Å². The van der Waals surface area contributed by atoms with E-state index in [0.717, 1.165) is 12.1 Å². The van der Waals surface area contributed by atoms with Crippen LogP contribution in [0.25, 0.3) is 0 Å². The Balaban J connectivity index is 2.23. The Labute approximate surface area is 160 Å². The predicted octanol–water partition coefficient (Wildman–Crippen LogP) is 4.91. The number of urea groups is 1. The number of halogens is 3. The van der Waals surface area contributed by atoms with E-state index in [2.05, 4.69) is 10.6 Å². The quantitative estimate of drug-likeness (QED) is 0.724. The predicted molar refractivity (Wildman–Crippen MR) is 98.6 cm³/mol. The lowest BCUT2D eigenvalue weighted by atomic mass is 10.1. The number of amides is 2. The second-order valence-corrected chi connectivity index (χ2v) is 7.02. The molecular formula is C20H21F3N2O3. The van der Waals surface area contributed by atoms with Gasteiger partial charge in [0.15, 0.2) is 6.04 Å². The van der Waals surface area contributed by atoms with E-state index in [1.807, 2.05) is 0 Å². The lowest BCUT2D eigenvalue weighted by Crippen LogP contribution is -2.40. The fourth-order valence-electron chi connectivity index (χ4n) is 2.41. The van der Waals surface area contributed by atoms with Crippen LogP contribution in [0.15, 0.2) is 54.6 Å². The first kappa shape index (κ1) is 21.3. The highest BCUT2D eigenvalue weighted by molar-refractivity contribution is 5.93. The van der Waals surface area contributed by atoms with Crippen LogP contribution in [-0.2, 0) is 15.7 Å². The smallest absolute Gasteiger partial charge is 0.418 e. The van der Waals surface area contributed by atoms with Crippen molar-refractivity contribution in [2.24, 2.45) is 0 Å². The SMILES string of the molecule is CC(C)(C)OC(=O)[C@@H](NC(=O)Nc1ccccc1C(F)(F)F)c1ccccc1. The number of nitrogens with one attached hydrogen (secondary N) is 2. The molecule has 0 aliphatic heterocycles. The minimum absolute atomic E-state index is 0.413. The number of carbonyl (C=O) groups is 2. The van der Waals surface area contributed by atoms with Gasteiger partial charge in [-0.2, -0.15) is 13.2 Å². The number of esters is 1. The van der Waals surface area contributed by atoms with E-state index in [1.54, 1.807) is 51.1 Å². The van der Waals surface area contributed by atoms with Crippen LogP contribution in [0, 0.1) is 0 Å². The lowest BCUT2D eigenvalue weighted by Gasteiger charge is -2.25. The summed E-state index contributed by atoms with van der Waals surface area (Å²) in [5, 5.41) is 4.55. The zero-order valence-electron chi connectivity index (χ0n) is 15.6. The van der Waals surface area contributed by atoms with Crippen molar-refractivity contribution >= 4 is 17.7 Å². The van der Waals surface area contributed by atoms with E-state index < -0.39 is 41.1 Å².